The molecule has 0 aliphatic carbocycles. The zero-order valence-corrected chi connectivity index (χ0v) is 9.79. The van der Waals surface area contributed by atoms with Gasteiger partial charge in [-0.05, 0) is 13.3 Å². The van der Waals surface area contributed by atoms with Crippen molar-refractivity contribution < 1.29 is 14.6 Å². The third kappa shape index (κ3) is 2.58. The van der Waals surface area contributed by atoms with Gasteiger partial charge < -0.3 is 15.2 Å². The summed E-state index contributed by atoms with van der Waals surface area (Å²) >= 11 is 1.16. The van der Waals surface area contributed by atoms with Gasteiger partial charge in [0.1, 0.15) is 0 Å². The van der Waals surface area contributed by atoms with Crippen LogP contribution in [0, 0.1) is 0 Å². The SMILES string of the molecule is CC1OCCC1NCc1csc(C(=O)O)n1. The van der Waals surface area contributed by atoms with E-state index in [1.165, 1.54) is 0 Å². The minimum atomic E-state index is -0.964. The van der Waals surface area contributed by atoms with Crippen LogP contribution in [0.15, 0.2) is 5.38 Å². The Bertz CT molecular complexity index is 380. The first-order chi connectivity index (χ1) is 7.66. The van der Waals surface area contributed by atoms with Crippen LogP contribution in [0.2, 0.25) is 0 Å². The molecule has 0 amide bonds. The highest BCUT2D eigenvalue weighted by molar-refractivity contribution is 7.11. The number of nitrogens with one attached hydrogen (secondary N) is 1. The van der Waals surface area contributed by atoms with E-state index < -0.39 is 5.97 Å². The number of carbonyl (C=O) groups is 1. The third-order valence-electron chi connectivity index (χ3n) is 2.66. The summed E-state index contributed by atoms with van der Waals surface area (Å²) in [7, 11) is 0. The van der Waals surface area contributed by atoms with Gasteiger partial charge in [-0.3, -0.25) is 0 Å². The van der Waals surface area contributed by atoms with Gasteiger partial charge in [-0.25, -0.2) is 9.78 Å². The number of hydrogen-bond acceptors (Lipinski definition) is 5. The quantitative estimate of drug-likeness (QED) is 0.827. The highest BCUT2D eigenvalue weighted by Crippen LogP contribution is 2.14. The molecule has 0 saturated carbocycles. The Morgan fingerprint density at radius 2 is 2.62 bits per heavy atom. The summed E-state index contributed by atoms with van der Waals surface area (Å²) in [4.78, 5) is 14.6. The smallest absolute Gasteiger partial charge is 0.365 e. The summed E-state index contributed by atoms with van der Waals surface area (Å²) in [5.74, 6) is -0.964. The molecule has 1 aliphatic heterocycles. The molecule has 1 fully saturated rings. The van der Waals surface area contributed by atoms with Crippen LogP contribution in [0.3, 0.4) is 0 Å². The van der Waals surface area contributed by atoms with Gasteiger partial charge in [0.15, 0.2) is 0 Å². The Morgan fingerprint density at radius 1 is 1.81 bits per heavy atom. The molecule has 2 rings (SSSR count). The second kappa shape index (κ2) is 4.90. The first kappa shape index (κ1) is 11.5. The van der Waals surface area contributed by atoms with Crippen molar-refractivity contribution in [2.24, 2.45) is 0 Å². The molecule has 1 aromatic rings. The largest absolute Gasteiger partial charge is 0.476 e. The molecular formula is C10H14N2O3S. The molecule has 2 N–H and O–H groups in total. The number of rotatable bonds is 4. The number of hydrogen-bond donors (Lipinski definition) is 2. The van der Waals surface area contributed by atoms with Crippen LogP contribution in [0.1, 0.15) is 28.8 Å². The zero-order chi connectivity index (χ0) is 11.5. The van der Waals surface area contributed by atoms with E-state index in [9.17, 15) is 4.79 Å². The predicted octanol–water partition coefficient (Wildman–Crippen LogP) is 1.11. The fourth-order valence-corrected chi connectivity index (χ4v) is 2.38. The van der Waals surface area contributed by atoms with Gasteiger partial charge >= 0.3 is 5.97 Å². The number of aromatic carboxylic acids is 1. The van der Waals surface area contributed by atoms with Crippen molar-refractivity contribution in [2.45, 2.75) is 32.0 Å². The lowest BCUT2D eigenvalue weighted by molar-refractivity contribution is 0.0696. The van der Waals surface area contributed by atoms with Crippen LogP contribution < -0.4 is 5.32 Å². The van der Waals surface area contributed by atoms with Crippen LogP contribution in [0.25, 0.3) is 0 Å². The Morgan fingerprint density at radius 3 is 3.19 bits per heavy atom. The molecular weight excluding hydrogens is 228 g/mol. The van der Waals surface area contributed by atoms with E-state index >= 15 is 0 Å². The minimum absolute atomic E-state index is 0.146. The normalized spacial score (nSPS) is 24.8. The van der Waals surface area contributed by atoms with E-state index in [0.29, 0.717) is 12.6 Å². The van der Waals surface area contributed by atoms with Gasteiger partial charge in [-0.2, -0.15) is 0 Å². The van der Waals surface area contributed by atoms with E-state index in [2.05, 4.69) is 10.3 Å². The van der Waals surface area contributed by atoms with Crippen LogP contribution >= 0.6 is 11.3 Å². The van der Waals surface area contributed by atoms with Crippen LogP contribution in [0.4, 0.5) is 0 Å². The van der Waals surface area contributed by atoms with Crippen molar-refractivity contribution in [2.75, 3.05) is 6.61 Å². The molecule has 16 heavy (non-hydrogen) atoms. The van der Waals surface area contributed by atoms with E-state index in [1.54, 1.807) is 5.38 Å². The summed E-state index contributed by atoms with van der Waals surface area (Å²) < 4.78 is 5.42. The maximum atomic E-state index is 10.6. The van der Waals surface area contributed by atoms with Crippen molar-refractivity contribution in [3.63, 3.8) is 0 Å². The topological polar surface area (TPSA) is 71.5 Å². The van der Waals surface area contributed by atoms with Gasteiger partial charge in [-0.15, -0.1) is 11.3 Å². The summed E-state index contributed by atoms with van der Waals surface area (Å²) in [5.41, 5.74) is 0.779. The minimum Gasteiger partial charge on any atom is -0.476 e. The third-order valence-corrected chi connectivity index (χ3v) is 3.54. The number of ether oxygens (including phenoxy) is 1. The fraction of sp³-hybridized carbons (Fsp3) is 0.600. The van der Waals surface area contributed by atoms with Crippen molar-refractivity contribution in [1.29, 1.82) is 0 Å². The average molecular weight is 242 g/mol. The number of thiazole rings is 1. The first-order valence-electron chi connectivity index (χ1n) is 5.19. The maximum absolute atomic E-state index is 10.6. The molecule has 2 atom stereocenters. The van der Waals surface area contributed by atoms with Crippen LogP contribution in [-0.4, -0.2) is 34.8 Å². The summed E-state index contributed by atoms with van der Waals surface area (Å²) in [6.45, 7) is 3.42. The Labute approximate surface area is 97.5 Å². The van der Waals surface area contributed by atoms with Gasteiger partial charge in [0.25, 0.3) is 0 Å². The molecule has 5 nitrogen and oxygen atoms in total. The Balaban J connectivity index is 1.87. The lowest BCUT2D eigenvalue weighted by atomic mass is 10.1. The molecule has 0 aromatic carbocycles. The summed E-state index contributed by atoms with van der Waals surface area (Å²) in [6, 6.07) is 0.343. The van der Waals surface area contributed by atoms with Crippen LogP contribution in [-0.2, 0) is 11.3 Å². The monoisotopic (exact) mass is 242 g/mol. The van der Waals surface area contributed by atoms with E-state index in [-0.39, 0.29) is 11.1 Å². The maximum Gasteiger partial charge on any atom is 0.365 e. The van der Waals surface area contributed by atoms with Crippen molar-refractivity contribution in [3.05, 3.63) is 16.1 Å². The first-order valence-corrected chi connectivity index (χ1v) is 6.07. The van der Waals surface area contributed by atoms with E-state index in [1.807, 2.05) is 6.92 Å². The summed E-state index contributed by atoms with van der Waals surface area (Å²) in [5, 5.41) is 14.0. The van der Waals surface area contributed by atoms with Gasteiger partial charge in [-0.1, -0.05) is 0 Å². The Hall–Kier alpha value is -0.980. The molecule has 0 radical (unpaired) electrons. The van der Waals surface area contributed by atoms with Crippen molar-refractivity contribution in [3.8, 4) is 0 Å². The molecule has 2 unspecified atom stereocenters. The van der Waals surface area contributed by atoms with Crippen LogP contribution in [0.5, 0.6) is 0 Å². The standard InChI is InChI=1S/C10H14N2O3S/c1-6-8(2-3-15-6)11-4-7-5-16-9(12-7)10(13)14/h5-6,8,11H,2-4H2,1H3,(H,13,14). The average Bonchev–Trinajstić information content (AvgIpc) is 2.83. The highest BCUT2D eigenvalue weighted by Gasteiger charge is 2.23. The number of carboxylic acid groups (broad SMARTS) is 1. The second-order valence-electron chi connectivity index (χ2n) is 3.80. The van der Waals surface area contributed by atoms with Crippen molar-refractivity contribution >= 4 is 17.3 Å². The lowest BCUT2D eigenvalue weighted by Crippen LogP contribution is -2.34. The molecule has 1 aromatic heterocycles. The second-order valence-corrected chi connectivity index (χ2v) is 4.66. The van der Waals surface area contributed by atoms with Gasteiger partial charge in [0.05, 0.1) is 11.8 Å². The molecule has 2 heterocycles. The molecule has 88 valence electrons. The molecule has 0 bridgehead atoms. The predicted molar refractivity (Wildman–Crippen MR) is 59.7 cm³/mol. The number of nitrogens with zero attached hydrogens (tertiary/aromatic N) is 1. The molecule has 0 spiro atoms. The molecule has 6 heteroatoms. The lowest BCUT2D eigenvalue weighted by Gasteiger charge is -2.14. The summed E-state index contributed by atoms with van der Waals surface area (Å²) in [6.07, 6.45) is 1.22. The highest BCUT2D eigenvalue weighted by atomic mass is 32.1. The van der Waals surface area contributed by atoms with Gasteiger partial charge in [0.2, 0.25) is 5.01 Å². The number of carboxylic acids is 1. The van der Waals surface area contributed by atoms with Gasteiger partial charge in [0, 0.05) is 24.6 Å². The number of aromatic nitrogens is 1. The van der Waals surface area contributed by atoms with E-state index in [0.717, 1.165) is 30.1 Å². The molecule has 1 saturated heterocycles. The molecule has 1 aliphatic rings. The zero-order valence-electron chi connectivity index (χ0n) is 8.97. The van der Waals surface area contributed by atoms with E-state index in [4.69, 9.17) is 9.84 Å². The Kier molecular flexibility index (Phi) is 3.52. The fourth-order valence-electron chi connectivity index (χ4n) is 1.72. The van der Waals surface area contributed by atoms with Crippen molar-refractivity contribution in [1.82, 2.24) is 10.3 Å².